The van der Waals surface area contributed by atoms with Crippen molar-refractivity contribution in [3.8, 4) is 34.6 Å². The van der Waals surface area contributed by atoms with Crippen molar-refractivity contribution in [1.29, 1.82) is 0 Å². The zero-order chi connectivity index (χ0) is 28.4. The number of piperidine rings is 2. The van der Waals surface area contributed by atoms with Gasteiger partial charge < -0.3 is 30.0 Å². The summed E-state index contributed by atoms with van der Waals surface area (Å²) < 4.78 is 50.9. The standard InChI is InChI=1S/C29H34F2N6O4/c1-38-28-21(18-7-10-37(11-8-18)20-14-39-15-20)3-5-26(36-28)41-27-13-23(34-17-35-27)19-2-4-24(22(32)12-19)40-25-6-9-33-16-29(25,30)31/h2-5,12-13,17-18,20,25,33H,6-11,14-16,32H2,1H3. The van der Waals surface area contributed by atoms with E-state index in [9.17, 15) is 8.78 Å². The van der Waals surface area contributed by atoms with Gasteiger partial charge in [-0.3, -0.25) is 4.90 Å². The number of likely N-dealkylation sites (tertiary alicyclic amines) is 1. The molecule has 1 unspecified atom stereocenters. The molecule has 5 heterocycles. The molecular formula is C29H34F2N6O4. The van der Waals surface area contributed by atoms with Gasteiger partial charge in [0.25, 0.3) is 5.92 Å². The number of hydrogen-bond donors (Lipinski definition) is 2. The minimum Gasteiger partial charge on any atom is -0.482 e. The number of alkyl halides is 2. The molecule has 12 heteroatoms. The number of ether oxygens (including phenoxy) is 4. The second kappa shape index (κ2) is 11.7. The second-order valence-electron chi connectivity index (χ2n) is 10.7. The van der Waals surface area contributed by atoms with Crippen LogP contribution >= 0.6 is 0 Å². The molecule has 218 valence electrons. The van der Waals surface area contributed by atoms with Gasteiger partial charge in [-0.15, -0.1) is 0 Å². The van der Waals surface area contributed by atoms with Gasteiger partial charge in [-0.05, 0) is 62.7 Å². The van der Waals surface area contributed by atoms with Crippen LogP contribution in [0.1, 0.15) is 30.7 Å². The van der Waals surface area contributed by atoms with Crippen LogP contribution in [-0.2, 0) is 4.74 Å². The first-order valence-corrected chi connectivity index (χ1v) is 13.9. The van der Waals surface area contributed by atoms with Crippen molar-refractivity contribution in [3.05, 3.63) is 48.3 Å². The summed E-state index contributed by atoms with van der Waals surface area (Å²) in [5.74, 6) is -1.20. The summed E-state index contributed by atoms with van der Waals surface area (Å²) in [6.45, 7) is 3.77. The average molecular weight is 569 g/mol. The van der Waals surface area contributed by atoms with E-state index in [-0.39, 0.29) is 17.9 Å². The zero-order valence-electron chi connectivity index (χ0n) is 22.9. The van der Waals surface area contributed by atoms with Crippen LogP contribution in [0.5, 0.6) is 23.4 Å². The highest BCUT2D eigenvalue weighted by molar-refractivity contribution is 5.68. The lowest BCUT2D eigenvalue weighted by Crippen LogP contribution is -2.52. The van der Waals surface area contributed by atoms with E-state index in [1.54, 1.807) is 31.4 Å². The minimum absolute atomic E-state index is 0.191. The molecule has 0 aliphatic carbocycles. The summed E-state index contributed by atoms with van der Waals surface area (Å²) in [6.07, 6.45) is 2.42. The van der Waals surface area contributed by atoms with E-state index in [0.29, 0.717) is 47.4 Å². The molecule has 6 rings (SSSR count). The van der Waals surface area contributed by atoms with Crippen molar-refractivity contribution >= 4 is 5.69 Å². The Morgan fingerprint density at radius 2 is 1.88 bits per heavy atom. The number of anilines is 1. The molecule has 3 saturated heterocycles. The van der Waals surface area contributed by atoms with E-state index in [1.807, 2.05) is 12.1 Å². The molecule has 3 aromatic rings. The molecule has 1 aromatic carbocycles. The number of pyridine rings is 1. The van der Waals surface area contributed by atoms with Gasteiger partial charge in [0.2, 0.25) is 17.6 Å². The van der Waals surface area contributed by atoms with Crippen LogP contribution in [0.25, 0.3) is 11.3 Å². The van der Waals surface area contributed by atoms with Gasteiger partial charge in [0.15, 0.2) is 6.10 Å². The van der Waals surface area contributed by atoms with Crippen LogP contribution in [-0.4, -0.2) is 84.4 Å². The number of rotatable bonds is 8. The van der Waals surface area contributed by atoms with Crippen LogP contribution in [0.2, 0.25) is 0 Å². The van der Waals surface area contributed by atoms with E-state index < -0.39 is 18.6 Å². The predicted molar refractivity (Wildman–Crippen MR) is 148 cm³/mol. The van der Waals surface area contributed by atoms with Crippen molar-refractivity contribution in [2.24, 2.45) is 0 Å². The van der Waals surface area contributed by atoms with Crippen molar-refractivity contribution in [2.45, 2.75) is 43.2 Å². The molecular weight excluding hydrogens is 534 g/mol. The molecule has 0 amide bonds. The number of benzene rings is 1. The summed E-state index contributed by atoms with van der Waals surface area (Å²) in [6, 6.07) is 11.0. The fraction of sp³-hybridized carbons (Fsp3) is 0.483. The quantitative estimate of drug-likeness (QED) is 0.388. The van der Waals surface area contributed by atoms with Crippen molar-refractivity contribution in [3.63, 3.8) is 0 Å². The number of methoxy groups -OCH3 is 1. The molecule has 3 aliphatic heterocycles. The van der Waals surface area contributed by atoms with Crippen LogP contribution < -0.4 is 25.3 Å². The number of aromatic nitrogens is 3. The maximum absolute atomic E-state index is 14.2. The molecule has 3 aliphatic rings. The number of hydrogen-bond acceptors (Lipinski definition) is 10. The fourth-order valence-corrected chi connectivity index (χ4v) is 5.56. The van der Waals surface area contributed by atoms with Gasteiger partial charge in [-0.25, -0.2) is 18.7 Å². The van der Waals surface area contributed by atoms with Crippen molar-refractivity contribution in [1.82, 2.24) is 25.2 Å². The summed E-state index contributed by atoms with van der Waals surface area (Å²) in [7, 11) is 1.61. The molecule has 2 aromatic heterocycles. The molecule has 3 fully saturated rings. The normalized spacial score (nSPS) is 21.7. The summed E-state index contributed by atoms with van der Waals surface area (Å²) >= 11 is 0. The van der Waals surface area contributed by atoms with Crippen LogP contribution in [0.4, 0.5) is 14.5 Å². The van der Waals surface area contributed by atoms with E-state index in [4.69, 9.17) is 24.7 Å². The lowest BCUT2D eigenvalue weighted by atomic mass is 9.89. The van der Waals surface area contributed by atoms with E-state index in [0.717, 1.165) is 44.7 Å². The van der Waals surface area contributed by atoms with Crippen LogP contribution in [0.15, 0.2) is 42.7 Å². The van der Waals surface area contributed by atoms with E-state index in [2.05, 4.69) is 25.2 Å². The minimum atomic E-state index is -2.97. The van der Waals surface area contributed by atoms with Crippen LogP contribution in [0, 0.1) is 0 Å². The number of nitrogens with zero attached hydrogens (tertiary/aromatic N) is 4. The zero-order valence-corrected chi connectivity index (χ0v) is 22.9. The Balaban J connectivity index is 1.13. The van der Waals surface area contributed by atoms with E-state index >= 15 is 0 Å². The Kier molecular flexibility index (Phi) is 7.87. The molecule has 0 spiro atoms. The van der Waals surface area contributed by atoms with Gasteiger partial charge in [-0.2, -0.15) is 4.98 Å². The maximum Gasteiger partial charge on any atom is 0.296 e. The summed E-state index contributed by atoms with van der Waals surface area (Å²) in [5.41, 5.74) is 8.71. The average Bonchev–Trinajstić information content (AvgIpc) is 2.95. The molecule has 0 radical (unpaired) electrons. The first kappa shape index (κ1) is 27.6. The molecule has 1 atom stereocenters. The molecule has 3 N–H and O–H groups in total. The first-order valence-electron chi connectivity index (χ1n) is 13.9. The Bertz CT molecular complexity index is 1370. The van der Waals surface area contributed by atoms with Gasteiger partial charge in [-0.1, -0.05) is 0 Å². The molecule has 10 nitrogen and oxygen atoms in total. The molecule has 0 bridgehead atoms. The molecule has 41 heavy (non-hydrogen) atoms. The number of nitrogens with two attached hydrogens (primary N) is 1. The van der Waals surface area contributed by atoms with Crippen LogP contribution in [0.3, 0.4) is 0 Å². The Morgan fingerprint density at radius 3 is 2.59 bits per heavy atom. The lowest BCUT2D eigenvalue weighted by Gasteiger charge is -2.41. The predicted octanol–water partition coefficient (Wildman–Crippen LogP) is 3.88. The first-order chi connectivity index (χ1) is 19.9. The Labute approximate surface area is 237 Å². The van der Waals surface area contributed by atoms with Gasteiger partial charge >= 0.3 is 0 Å². The van der Waals surface area contributed by atoms with Crippen molar-refractivity contribution < 1.29 is 27.7 Å². The second-order valence-corrected chi connectivity index (χ2v) is 10.7. The maximum atomic E-state index is 14.2. The smallest absolute Gasteiger partial charge is 0.296 e. The van der Waals surface area contributed by atoms with Gasteiger partial charge in [0, 0.05) is 29.7 Å². The summed E-state index contributed by atoms with van der Waals surface area (Å²) in [5, 5.41) is 2.69. The monoisotopic (exact) mass is 568 g/mol. The topological polar surface area (TPSA) is 117 Å². The Morgan fingerprint density at radius 1 is 1.05 bits per heavy atom. The third kappa shape index (κ3) is 6.04. The number of halogens is 2. The SMILES string of the molecule is COc1nc(Oc2cc(-c3ccc(OC4CCNCC4(F)F)c(N)c3)ncn2)ccc1C1CCN(C2COC2)CC1. The highest BCUT2D eigenvalue weighted by Crippen LogP contribution is 2.37. The third-order valence-corrected chi connectivity index (χ3v) is 8.00. The fourth-order valence-electron chi connectivity index (χ4n) is 5.56. The van der Waals surface area contributed by atoms with Crippen molar-refractivity contribution in [2.75, 3.05) is 52.2 Å². The number of nitrogen functional groups attached to an aromatic ring is 1. The summed E-state index contributed by atoms with van der Waals surface area (Å²) in [4.78, 5) is 15.7. The third-order valence-electron chi connectivity index (χ3n) is 8.00. The Hall–Kier alpha value is -3.61. The van der Waals surface area contributed by atoms with Gasteiger partial charge in [0.05, 0.1) is 44.3 Å². The molecule has 0 saturated carbocycles. The lowest BCUT2D eigenvalue weighted by molar-refractivity contribution is -0.108. The van der Waals surface area contributed by atoms with E-state index in [1.165, 1.54) is 6.33 Å². The highest BCUT2D eigenvalue weighted by Gasteiger charge is 2.43. The largest absolute Gasteiger partial charge is 0.482 e. The number of nitrogens with one attached hydrogen (secondary N) is 1. The van der Waals surface area contributed by atoms with Gasteiger partial charge in [0.1, 0.15) is 12.1 Å². The highest BCUT2D eigenvalue weighted by atomic mass is 19.3.